The van der Waals surface area contributed by atoms with E-state index in [-0.39, 0.29) is 25.0 Å². The molecule has 2 amide bonds. The van der Waals surface area contributed by atoms with Crippen LogP contribution in [-0.4, -0.2) is 71.4 Å². The number of nitrogens with zero attached hydrogens (tertiary/aromatic N) is 4. The molecule has 0 aliphatic carbocycles. The molecule has 218 valence electrons. The first-order chi connectivity index (χ1) is 20.6. The third-order valence-electron chi connectivity index (χ3n) is 7.48. The van der Waals surface area contributed by atoms with Crippen molar-refractivity contribution in [3.8, 4) is 11.1 Å². The number of aliphatic hydroxyl groups excluding tert-OH is 2. The highest BCUT2D eigenvalue weighted by molar-refractivity contribution is 7.14. The lowest BCUT2D eigenvalue weighted by Crippen LogP contribution is -2.28. The van der Waals surface area contributed by atoms with E-state index < -0.39 is 0 Å². The van der Waals surface area contributed by atoms with Gasteiger partial charge < -0.3 is 30.6 Å². The van der Waals surface area contributed by atoms with Crippen LogP contribution in [0.4, 0.5) is 11.4 Å². The fraction of sp³-hybridized carbons (Fsp3) is 0.333. The first kappa shape index (κ1) is 28.6. The number of aliphatic hydroxyl groups is 2. The van der Waals surface area contributed by atoms with Crippen LogP contribution in [0.5, 0.6) is 0 Å². The van der Waals surface area contributed by atoms with Gasteiger partial charge in [-0.3, -0.25) is 9.59 Å². The molecule has 4 heterocycles. The molecule has 12 heteroatoms. The summed E-state index contributed by atoms with van der Waals surface area (Å²) in [7, 11) is 0. The lowest BCUT2D eigenvalue weighted by Gasteiger charge is -2.18. The predicted molar refractivity (Wildman–Crippen MR) is 164 cm³/mol. The number of benzene rings is 2. The topological polar surface area (TPSA) is 131 Å². The van der Waals surface area contributed by atoms with Crippen LogP contribution in [0.2, 0.25) is 0 Å². The van der Waals surface area contributed by atoms with E-state index in [2.05, 4.69) is 32.7 Å². The molecule has 10 nitrogen and oxygen atoms in total. The number of anilines is 2. The maximum absolute atomic E-state index is 13.5. The summed E-state index contributed by atoms with van der Waals surface area (Å²) in [6.45, 7) is 3.42. The molecule has 0 unspecified atom stereocenters. The summed E-state index contributed by atoms with van der Waals surface area (Å²) >= 11 is 2.75. The Morgan fingerprint density at radius 2 is 1.19 bits per heavy atom. The fourth-order valence-electron chi connectivity index (χ4n) is 5.58. The molecule has 42 heavy (non-hydrogen) atoms. The number of rotatable bonds is 11. The molecule has 4 N–H and O–H groups in total. The number of carbonyl (C=O) groups is 2. The molecule has 0 saturated carbocycles. The highest BCUT2D eigenvalue weighted by Crippen LogP contribution is 2.42. The molecule has 6 rings (SSSR count). The van der Waals surface area contributed by atoms with Gasteiger partial charge >= 0.3 is 0 Å². The minimum atomic E-state index is -0.103. The number of amides is 2. The summed E-state index contributed by atoms with van der Waals surface area (Å²) in [6.07, 6.45) is 4.92. The molecule has 2 aromatic heterocycles. The van der Waals surface area contributed by atoms with Gasteiger partial charge in [0.05, 0.1) is 13.2 Å². The van der Waals surface area contributed by atoms with E-state index in [0.29, 0.717) is 49.3 Å². The predicted octanol–water partition coefficient (Wildman–Crippen LogP) is 2.84. The Kier molecular flexibility index (Phi) is 8.70. The largest absolute Gasteiger partial charge is 0.395 e. The van der Waals surface area contributed by atoms with Gasteiger partial charge in [-0.25, -0.2) is 9.97 Å². The fourth-order valence-corrected chi connectivity index (χ4v) is 7.25. The average molecular weight is 605 g/mol. The van der Waals surface area contributed by atoms with Gasteiger partial charge in [-0.05, 0) is 47.2 Å². The zero-order valence-electron chi connectivity index (χ0n) is 23.0. The van der Waals surface area contributed by atoms with Crippen molar-refractivity contribution in [1.29, 1.82) is 0 Å². The van der Waals surface area contributed by atoms with Crippen molar-refractivity contribution in [3.05, 3.63) is 79.7 Å². The highest BCUT2D eigenvalue weighted by atomic mass is 32.1. The molecular formula is C30H32N6O4S2. The molecule has 2 aromatic carbocycles. The van der Waals surface area contributed by atoms with E-state index in [1.165, 1.54) is 22.7 Å². The summed E-state index contributed by atoms with van der Waals surface area (Å²) in [6, 6.07) is 12.2. The van der Waals surface area contributed by atoms with Crippen LogP contribution < -0.4 is 20.4 Å². The number of thiazole rings is 2. The van der Waals surface area contributed by atoms with Gasteiger partial charge in [0, 0.05) is 72.8 Å². The molecule has 0 fully saturated rings. The molecule has 0 spiro atoms. The molecule has 2 aliphatic heterocycles. The van der Waals surface area contributed by atoms with Crippen LogP contribution in [0.1, 0.15) is 40.5 Å². The summed E-state index contributed by atoms with van der Waals surface area (Å²) in [4.78, 5) is 41.2. The first-order valence-electron chi connectivity index (χ1n) is 14.0. The van der Waals surface area contributed by atoms with Crippen LogP contribution in [0, 0.1) is 0 Å². The molecule has 0 radical (unpaired) electrons. The number of nitrogens with one attached hydrogen (secondary N) is 2. The Morgan fingerprint density at radius 1 is 0.738 bits per heavy atom. The van der Waals surface area contributed by atoms with Crippen LogP contribution in [0.25, 0.3) is 11.1 Å². The van der Waals surface area contributed by atoms with Crippen molar-refractivity contribution in [2.75, 3.05) is 49.2 Å². The van der Waals surface area contributed by atoms with E-state index in [1.807, 2.05) is 34.1 Å². The first-order valence-corrected chi connectivity index (χ1v) is 15.6. The monoisotopic (exact) mass is 604 g/mol. The third kappa shape index (κ3) is 5.61. The van der Waals surface area contributed by atoms with E-state index in [4.69, 9.17) is 10.2 Å². The molecule has 0 atom stereocenters. The summed E-state index contributed by atoms with van der Waals surface area (Å²) in [5, 5.41) is 25.1. The van der Waals surface area contributed by atoms with Crippen molar-refractivity contribution in [2.24, 2.45) is 0 Å². The van der Waals surface area contributed by atoms with Gasteiger partial charge in [-0.15, -0.1) is 22.7 Å². The van der Waals surface area contributed by atoms with Gasteiger partial charge in [-0.2, -0.15) is 0 Å². The van der Waals surface area contributed by atoms with E-state index >= 15 is 0 Å². The second-order valence-electron chi connectivity index (χ2n) is 10.1. The van der Waals surface area contributed by atoms with E-state index in [1.54, 1.807) is 12.4 Å². The highest BCUT2D eigenvalue weighted by Gasteiger charge is 2.32. The SMILES string of the molecule is O=C(c1ncc(CNCCO)s1)N1CCc2c(-c3cccc4c3CCN4C(=O)c3ncc(CNCCO)s3)cccc21. The van der Waals surface area contributed by atoms with E-state index in [9.17, 15) is 9.59 Å². The number of aromatic nitrogens is 2. The van der Waals surface area contributed by atoms with Crippen LogP contribution in [0.3, 0.4) is 0 Å². The zero-order valence-corrected chi connectivity index (χ0v) is 24.6. The van der Waals surface area contributed by atoms with Crippen molar-refractivity contribution in [1.82, 2.24) is 20.6 Å². The van der Waals surface area contributed by atoms with E-state index in [0.717, 1.165) is 56.2 Å². The van der Waals surface area contributed by atoms with Crippen LogP contribution in [0.15, 0.2) is 48.8 Å². The summed E-state index contributed by atoms with van der Waals surface area (Å²) < 4.78 is 0. The second kappa shape index (κ2) is 12.8. The van der Waals surface area contributed by atoms with Crippen molar-refractivity contribution >= 4 is 45.9 Å². The smallest absolute Gasteiger partial charge is 0.287 e. The Balaban J connectivity index is 1.23. The Hall–Kier alpha value is -3.52. The molecule has 2 aliphatic rings. The van der Waals surface area contributed by atoms with Crippen molar-refractivity contribution in [3.63, 3.8) is 0 Å². The van der Waals surface area contributed by atoms with Gasteiger partial charge in [0.2, 0.25) is 0 Å². The summed E-state index contributed by atoms with van der Waals surface area (Å²) in [5.41, 5.74) is 6.25. The number of hydrogen-bond acceptors (Lipinski definition) is 10. The zero-order chi connectivity index (χ0) is 29.1. The van der Waals surface area contributed by atoms with Crippen molar-refractivity contribution in [2.45, 2.75) is 25.9 Å². The minimum absolute atomic E-state index is 0.0633. The van der Waals surface area contributed by atoms with Crippen LogP contribution in [-0.2, 0) is 25.9 Å². The second-order valence-corrected chi connectivity index (χ2v) is 12.3. The number of hydrogen-bond donors (Lipinski definition) is 4. The van der Waals surface area contributed by atoms with Crippen LogP contribution >= 0.6 is 22.7 Å². The lowest BCUT2D eigenvalue weighted by molar-refractivity contribution is 0.0981. The minimum Gasteiger partial charge on any atom is -0.395 e. The van der Waals surface area contributed by atoms with Gasteiger partial charge in [-0.1, -0.05) is 24.3 Å². The number of fused-ring (bicyclic) bond motifs is 2. The Morgan fingerprint density at radius 3 is 1.62 bits per heavy atom. The lowest BCUT2D eigenvalue weighted by atomic mass is 9.93. The number of carbonyl (C=O) groups excluding carboxylic acids is 2. The van der Waals surface area contributed by atoms with Gasteiger partial charge in [0.1, 0.15) is 0 Å². The Bertz CT molecular complexity index is 1480. The maximum Gasteiger partial charge on any atom is 0.287 e. The van der Waals surface area contributed by atoms with Gasteiger partial charge in [0.15, 0.2) is 10.0 Å². The standard InChI is InChI=1S/C30H32N6O4S2/c37-13-9-31-15-19-17-33-27(41-19)29(39)35-11-7-23-21(3-1-5-25(23)35)22-4-2-6-26-24(22)8-12-36(26)30(40)28-34-18-20(42-28)16-32-10-14-38/h1-6,17-18,31-32,37-38H,7-16H2. The Labute approximate surface area is 251 Å². The quantitative estimate of drug-likeness (QED) is 0.192. The van der Waals surface area contributed by atoms with Gasteiger partial charge in [0.25, 0.3) is 11.8 Å². The molecule has 0 saturated heterocycles. The summed E-state index contributed by atoms with van der Waals surface area (Å²) in [5.74, 6) is -0.206. The maximum atomic E-state index is 13.5. The molecule has 0 bridgehead atoms. The van der Waals surface area contributed by atoms with Crippen molar-refractivity contribution < 1.29 is 19.8 Å². The molecule has 4 aromatic rings. The normalized spacial score (nSPS) is 14.0. The third-order valence-corrected chi connectivity index (χ3v) is 9.45. The average Bonchev–Trinajstić information content (AvgIpc) is 3.82. The molecular weight excluding hydrogens is 573 g/mol.